The first-order valence-corrected chi connectivity index (χ1v) is 6.56. The summed E-state index contributed by atoms with van der Waals surface area (Å²) in [6.07, 6.45) is 0.523. The van der Waals surface area contributed by atoms with E-state index in [2.05, 4.69) is 17.2 Å². The average molecular weight is 289 g/mol. The van der Waals surface area contributed by atoms with E-state index in [1.54, 1.807) is 32.9 Å². The summed E-state index contributed by atoms with van der Waals surface area (Å²) in [6, 6.07) is 4.62. The van der Waals surface area contributed by atoms with E-state index >= 15 is 0 Å². The number of hydrogen-bond donors (Lipinski definition) is 2. The molecular weight excluding hydrogens is 270 g/mol. The highest BCUT2D eigenvalue weighted by Gasteiger charge is 2.15. The first-order valence-electron chi connectivity index (χ1n) is 6.56. The van der Waals surface area contributed by atoms with Crippen molar-refractivity contribution in [3.8, 4) is 17.6 Å². The number of hydrogen-bond acceptors (Lipinski definition) is 4. The summed E-state index contributed by atoms with van der Waals surface area (Å²) in [7, 11) is 0. The molecule has 1 aromatic rings. The van der Waals surface area contributed by atoms with Crippen LogP contribution in [0.5, 0.6) is 5.75 Å². The Morgan fingerprint density at radius 3 is 2.76 bits per heavy atom. The number of carbonyl (C=O) groups is 2. The fourth-order valence-corrected chi connectivity index (χ4v) is 1.48. The molecule has 0 atom stereocenters. The minimum Gasteiger partial charge on any atom is -0.507 e. The van der Waals surface area contributed by atoms with Gasteiger partial charge in [0.25, 0.3) is 0 Å². The zero-order chi connectivity index (χ0) is 15.9. The van der Waals surface area contributed by atoms with Crippen LogP contribution in [0.4, 0.5) is 4.79 Å². The van der Waals surface area contributed by atoms with Crippen LogP contribution in [-0.4, -0.2) is 29.6 Å². The standard InChI is InChI=1S/C16H19NO4/c1-16(2,3)21-15(20)17-10-5-4-8-13-12(11-18)7-6-9-14(13)19/h6-7,9,11,19H,5,10H2,1-3H3,(H,17,20). The third kappa shape index (κ3) is 6.00. The van der Waals surface area contributed by atoms with E-state index in [-0.39, 0.29) is 5.75 Å². The van der Waals surface area contributed by atoms with Crippen LogP contribution in [0.3, 0.4) is 0 Å². The van der Waals surface area contributed by atoms with Crippen molar-refractivity contribution in [1.29, 1.82) is 0 Å². The molecule has 0 spiro atoms. The van der Waals surface area contributed by atoms with Gasteiger partial charge in [0.15, 0.2) is 6.29 Å². The van der Waals surface area contributed by atoms with Gasteiger partial charge in [-0.1, -0.05) is 24.0 Å². The molecule has 0 heterocycles. The van der Waals surface area contributed by atoms with Gasteiger partial charge in [-0.3, -0.25) is 4.79 Å². The maximum atomic E-state index is 11.4. The van der Waals surface area contributed by atoms with E-state index in [1.165, 1.54) is 6.07 Å². The summed E-state index contributed by atoms with van der Waals surface area (Å²) in [5.74, 6) is 5.49. The van der Waals surface area contributed by atoms with Crippen molar-refractivity contribution in [3.63, 3.8) is 0 Å². The monoisotopic (exact) mass is 289 g/mol. The van der Waals surface area contributed by atoms with Crippen LogP contribution < -0.4 is 5.32 Å². The molecule has 1 amide bonds. The number of aldehydes is 1. The van der Waals surface area contributed by atoms with Crippen molar-refractivity contribution in [2.24, 2.45) is 0 Å². The number of aromatic hydroxyl groups is 1. The number of ether oxygens (including phenoxy) is 1. The second kappa shape index (κ2) is 7.34. The predicted octanol–water partition coefficient (Wildman–Crippen LogP) is 2.47. The number of carbonyl (C=O) groups excluding carboxylic acids is 2. The van der Waals surface area contributed by atoms with Crippen LogP contribution in [-0.2, 0) is 4.74 Å². The predicted molar refractivity (Wildman–Crippen MR) is 79.2 cm³/mol. The number of amides is 1. The summed E-state index contributed by atoms with van der Waals surface area (Å²) in [5, 5.41) is 12.2. The number of alkyl carbamates (subject to hydrolysis) is 1. The fourth-order valence-electron chi connectivity index (χ4n) is 1.48. The maximum absolute atomic E-state index is 11.4. The normalized spacial score (nSPS) is 10.2. The van der Waals surface area contributed by atoms with Gasteiger partial charge in [0, 0.05) is 18.5 Å². The molecule has 0 unspecified atom stereocenters. The Hall–Kier alpha value is -2.48. The molecule has 0 bridgehead atoms. The minimum atomic E-state index is -0.537. The molecule has 0 aliphatic heterocycles. The van der Waals surface area contributed by atoms with Crippen LogP contribution in [0, 0.1) is 11.8 Å². The van der Waals surface area contributed by atoms with Gasteiger partial charge in [0.05, 0.1) is 5.56 Å². The average Bonchev–Trinajstić information content (AvgIpc) is 2.37. The van der Waals surface area contributed by atoms with E-state index in [9.17, 15) is 14.7 Å². The summed E-state index contributed by atoms with van der Waals surface area (Å²) in [5.41, 5.74) is 0.0946. The van der Waals surface area contributed by atoms with Crippen LogP contribution in [0.25, 0.3) is 0 Å². The zero-order valence-corrected chi connectivity index (χ0v) is 12.4. The highest BCUT2D eigenvalue weighted by Crippen LogP contribution is 2.18. The van der Waals surface area contributed by atoms with Crippen molar-refractivity contribution in [2.45, 2.75) is 32.8 Å². The Balaban J connectivity index is 2.51. The molecule has 1 rings (SSSR count). The number of nitrogens with one attached hydrogen (secondary N) is 1. The molecule has 0 saturated heterocycles. The molecule has 0 fully saturated rings. The molecule has 0 aliphatic carbocycles. The van der Waals surface area contributed by atoms with Crippen LogP contribution in [0.2, 0.25) is 0 Å². The quantitative estimate of drug-likeness (QED) is 0.509. The summed E-state index contributed by atoms with van der Waals surface area (Å²) in [6.45, 7) is 5.68. The van der Waals surface area contributed by atoms with Crippen molar-refractivity contribution >= 4 is 12.4 Å². The highest BCUT2D eigenvalue weighted by atomic mass is 16.6. The Morgan fingerprint density at radius 1 is 1.43 bits per heavy atom. The van der Waals surface area contributed by atoms with E-state index in [1.807, 2.05) is 0 Å². The highest BCUT2D eigenvalue weighted by molar-refractivity contribution is 5.81. The number of phenols is 1. The third-order valence-corrected chi connectivity index (χ3v) is 2.33. The topological polar surface area (TPSA) is 75.6 Å². The van der Waals surface area contributed by atoms with Gasteiger partial charge in [-0.25, -0.2) is 4.79 Å². The Labute approximate surface area is 124 Å². The van der Waals surface area contributed by atoms with E-state index in [0.717, 1.165) is 0 Å². The van der Waals surface area contributed by atoms with Gasteiger partial charge in [0.1, 0.15) is 11.4 Å². The molecule has 0 aliphatic rings. The van der Waals surface area contributed by atoms with Crippen molar-refractivity contribution in [3.05, 3.63) is 29.3 Å². The molecule has 21 heavy (non-hydrogen) atoms. The second-order valence-corrected chi connectivity index (χ2v) is 5.34. The molecule has 2 N–H and O–H groups in total. The van der Waals surface area contributed by atoms with E-state index < -0.39 is 11.7 Å². The lowest BCUT2D eigenvalue weighted by atomic mass is 10.1. The van der Waals surface area contributed by atoms with E-state index in [0.29, 0.717) is 30.4 Å². The van der Waals surface area contributed by atoms with Gasteiger partial charge < -0.3 is 15.2 Å². The molecule has 0 aromatic heterocycles. The van der Waals surface area contributed by atoms with Gasteiger partial charge >= 0.3 is 6.09 Å². The Morgan fingerprint density at radius 2 is 2.14 bits per heavy atom. The van der Waals surface area contributed by atoms with Crippen molar-refractivity contribution in [1.82, 2.24) is 5.32 Å². The van der Waals surface area contributed by atoms with Crippen molar-refractivity contribution < 1.29 is 19.4 Å². The third-order valence-electron chi connectivity index (χ3n) is 2.33. The summed E-state index contributed by atoms with van der Waals surface area (Å²) >= 11 is 0. The van der Waals surface area contributed by atoms with Crippen molar-refractivity contribution in [2.75, 3.05) is 6.54 Å². The Kier molecular flexibility index (Phi) is 5.79. The molecule has 5 nitrogen and oxygen atoms in total. The largest absolute Gasteiger partial charge is 0.507 e. The van der Waals surface area contributed by atoms with Gasteiger partial charge in [0.2, 0.25) is 0 Å². The number of rotatable bonds is 3. The van der Waals surface area contributed by atoms with E-state index in [4.69, 9.17) is 4.74 Å². The fraction of sp³-hybridized carbons (Fsp3) is 0.375. The van der Waals surface area contributed by atoms with Gasteiger partial charge in [-0.15, -0.1) is 0 Å². The molecule has 1 aromatic carbocycles. The molecule has 5 heteroatoms. The lowest BCUT2D eigenvalue weighted by Gasteiger charge is -2.19. The number of benzene rings is 1. The summed E-state index contributed by atoms with van der Waals surface area (Å²) < 4.78 is 5.07. The molecule has 0 saturated carbocycles. The molecule has 112 valence electrons. The first kappa shape index (κ1) is 16.6. The lowest BCUT2D eigenvalue weighted by Crippen LogP contribution is -2.32. The second-order valence-electron chi connectivity index (χ2n) is 5.34. The maximum Gasteiger partial charge on any atom is 0.407 e. The molecule has 0 radical (unpaired) electrons. The Bertz CT molecular complexity index is 576. The van der Waals surface area contributed by atoms with Crippen LogP contribution >= 0.6 is 0 Å². The number of phenolic OH excluding ortho intramolecular Hbond substituents is 1. The lowest BCUT2D eigenvalue weighted by molar-refractivity contribution is 0.0529. The van der Waals surface area contributed by atoms with Crippen LogP contribution in [0.1, 0.15) is 43.1 Å². The smallest absolute Gasteiger partial charge is 0.407 e. The molecular formula is C16H19NO4. The first-order chi connectivity index (χ1) is 9.83. The SMILES string of the molecule is CC(C)(C)OC(=O)NCCC#Cc1c(O)cccc1C=O. The minimum absolute atomic E-state index is 0.0350. The zero-order valence-electron chi connectivity index (χ0n) is 12.4. The van der Waals surface area contributed by atoms with Gasteiger partial charge in [-0.2, -0.15) is 0 Å². The summed E-state index contributed by atoms with van der Waals surface area (Å²) in [4.78, 5) is 22.2. The van der Waals surface area contributed by atoms with Gasteiger partial charge in [-0.05, 0) is 26.8 Å². The van der Waals surface area contributed by atoms with Crippen LogP contribution in [0.15, 0.2) is 18.2 Å².